The lowest BCUT2D eigenvalue weighted by atomic mass is 9.90. The molecule has 19 nitrogen and oxygen atoms in total. The largest absolute Gasteiger partial charge is 0.490 e. The Morgan fingerprint density at radius 3 is 2.22 bits per heavy atom. The van der Waals surface area contributed by atoms with Gasteiger partial charge in [0.2, 0.25) is 11.8 Å². The van der Waals surface area contributed by atoms with Gasteiger partial charge >= 0.3 is 24.3 Å². The number of ether oxygens (including phenoxy) is 4. The van der Waals surface area contributed by atoms with E-state index in [0.29, 0.717) is 29.2 Å². The molecular weight excluding hydrogens is 1060 g/mol. The summed E-state index contributed by atoms with van der Waals surface area (Å²) in [5.41, 5.74) is 1.56. The van der Waals surface area contributed by atoms with E-state index in [4.69, 9.17) is 23.4 Å². The average molecular weight is 1130 g/mol. The van der Waals surface area contributed by atoms with Gasteiger partial charge in [0.05, 0.1) is 24.2 Å². The number of aliphatic hydroxyl groups is 2. The monoisotopic (exact) mass is 1130 g/mol. The number of nitrogens with zero attached hydrogens (tertiary/aromatic N) is 5. The molecule has 0 saturated carbocycles. The van der Waals surface area contributed by atoms with Crippen LogP contribution in [0.1, 0.15) is 69.5 Å². The number of hydrogen-bond acceptors (Lipinski definition) is 15. The molecule has 22 heteroatoms. The summed E-state index contributed by atoms with van der Waals surface area (Å²) in [6, 6.07) is 26.5. The van der Waals surface area contributed by atoms with Crippen LogP contribution in [0.3, 0.4) is 0 Å². The van der Waals surface area contributed by atoms with Gasteiger partial charge in [-0.3, -0.25) is 29.3 Å². The summed E-state index contributed by atoms with van der Waals surface area (Å²) in [4.78, 5) is 75.4. The highest BCUT2D eigenvalue weighted by Gasteiger charge is 2.43. The summed E-state index contributed by atoms with van der Waals surface area (Å²) in [6.45, 7) is 12.3. The quantitative estimate of drug-likeness (QED) is 0.0421. The number of para-hydroxylation sites is 1. The van der Waals surface area contributed by atoms with Gasteiger partial charge in [-0.15, -0.1) is 0 Å². The van der Waals surface area contributed by atoms with Crippen LogP contribution in [-0.4, -0.2) is 166 Å². The number of benzene rings is 3. The second-order valence-electron chi connectivity index (χ2n) is 21.6. The molecule has 5 heterocycles. The molecule has 5 aromatic rings. The van der Waals surface area contributed by atoms with Gasteiger partial charge in [-0.1, -0.05) is 91.5 Å². The Morgan fingerprint density at radius 1 is 0.852 bits per heavy atom. The maximum Gasteiger partial charge on any atom is 0.410 e. The lowest BCUT2D eigenvalue weighted by Crippen LogP contribution is -2.63. The number of rotatable bonds is 17. The maximum atomic E-state index is 13.9. The molecule has 8 rings (SSSR count). The first-order valence-electron chi connectivity index (χ1n) is 26.8. The zero-order valence-electron chi connectivity index (χ0n) is 46.2. The van der Waals surface area contributed by atoms with Gasteiger partial charge in [0.1, 0.15) is 61.2 Å². The first-order chi connectivity index (χ1) is 38.5. The van der Waals surface area contributed by atoms with Crippen LogP contribution in [0, 0.1) is 5.92 Å². The van der Waals surface area contributed by atoms with Gasteiger partial charge in [-0.25, -0.2) is 14.4 Å². The number of nitrogens with one attached hydrogen (secondary N) is 2. The number of β-amino-alcohol motifs (C(OH)–C–C–N with tert-alkyl or cyclic N) is 1. The van der Waals surface area contributed by atoms with Gasteiger partial charge in [-0.05, 0) is 76.8 Å². The molecule has 4 N–H and O–H groups in total. The minimum Gasteiger partial charge on any atom is -0.490 e. The predicted molar refractivity (Wildman–Crippen MR) is 292 cm³/mol. The summed E-state index contributed by atoms with van der Waals surface area (Å²) < 4.78 is 67.2. The number of fused-ring (bicyclic) bond motifs is 2. The fourth-order valence-corrected chi connectivity index (χ4v) is 9.82. The topological polar surface area (TPSA) is 226 Å². The van der Waals surface area contributed by atoms with E-state index in [1.807, 2.05) is 90.8 Å². The third-order valence-electron chi connectivity index (χ3n) is 14.1. The molecule has 6 atom stereocenters. The molecule has 0 radical (unpaired) electrons. The van der Waals surface area contributed by atoms with E-state index in [1.54, 1.807) is 68.4 Å². The maximum absolute atomic E-state index is 13.9. The summed E-state index contributed by atoms with van der Waals surface area (Å²) in [5.74, 6) is -1.37. The third-order valence-corrected chi connectivity index (χ3v) is 14.1. The van der Waals surface area contributed by atoms with Gasteiger partial charge in [0.15, 0.2) is 6.04 Å². The fraction of sp³-hybridized carbons (Fsp3) is 0.458. The number of piperazine rings is 2. The van der Waals surface area contributed by atoms with E-state index in [2.05, 4.69) is 16.9 Å². The molecular formula is C59H72F3N7O12. The van der Waals surface area contributed by atoms with E-state index in [1.165, 1.54) is 15.9 Å². The first kappa shape index (κ1) is 61.1. The molecule has 0 bridgehead atoms. The summed E-state index contributed by atoms with van der Waals surface area (Å²) >= 11 is 0. The number of carbonyl (C=O) groups excluding carboxylic acids is 5. The molecule has 0 aliphatic carbocycles. The SMILES string of the molecule is C=CCOC(=O)N1CCN(C(=O)OC(C)(C)C)C[C@H]1C(=O)OCc1ccccc1.CC(C)(c1cc2cnccc2o1)N1CCN(C[C@@H](O)C[C@@H](Cc2ccccc2)C(=O)N[C@H]2c3ccccc3OC[C@H]2O)[C@H](C(=O)NCC(F)(F)F)C1. The fourth-order valence-electron chi connectivity index (χ4n) is 9.82. The second kappa shape index (κ2) is 27.3. The Labute approximate surface area is 468 Å². The van der Waals surface area contributed by atoms with E-state index in [0.717, 1.165) is 16.5 Å². The summed E-state index contributed by atoms with van der Waals surface area (Å²) in [7, 11) is 0. The lowest BCUT2D eigenvalue weighted by Gasteiger charge is -2.47. The molecule has 0 unspecified atom stereocenters. The highest BCUT2D eigenvalue weighted by atomic mass is 19.4. The molecule has 4 amide bonds. The Hall–Kier alpha value is -7.53. The predicted octanol–water partition coefficient (Wildman–Crippen LogP) is 6.92. The van der Waals surface area contributed by atoms with Crippen molar-refractivity contribution in [1.82, 2.24) is 35.2 Å². The zero-order valence-corrected chi connectivity index (χ0v) is 46.2. The Kier molecular flexibility index (Phi) is 20.6. The van der Waals surface area contributed by atoms with Crippen LogP contribution < -0.4 is 15.4 Å². The van der Waals surface area contributed by atoms with Crippen LogP contribution in [0.2, 0.25) is 0 Å². The van der Waals surface area contributed by atoms with E-state index in [-0.39, 0.29) is 77.8 Å². The van der Waals surface area contributed by atoms with E-state index in [9.17, 15) is 47.4 Å². The van der Waals surface area contributed by atoms with Gasteiger partial charge in [0, 0.05) is 68.5 Å². The molecule has 0 spiro atoms. The number of alkyl halides is 3. The number of aliphatic hydroxyl groups excluding tert-OH is 2. The number of furan rings is 1. The van der Waals surface area contributed by atoms with E-state index < -0.39 is 84.2 Å². The van der Waals surface area contributed by atoms with Crippen molar-refractivity contribution in [3.8, 4) is 5.75 Å². The normalized spacial score (nSPS) is 19.6. The summed E-state index contributed by atoms with van der Waals surface area (Å²) in [5, 5.41) is 28.1. The van der Waals surface area contributed by atoms with E-state index >= 15 is 0 Å². The van der Waals surface area contributed by atoms with Crippen LogP contribution >= 0.6 is 0 Å². The molecule has 81 heavy (non-hydrogen) atoms. The van der Waals surface area contributed by atoms with Crippen LogP contribution in [0.15, 0.2) is 127 Å². The minimum absolute atomic E-state index is 0.00205. The molecule has 3 aliphatic rings. The van der Waals surface area contributed by atoms with Crippen molar-refractivity contribution in [2.75, 3.05) is 65.6 Å². The van der Waals surface area contributed by atoms with Gasteiger partial charge in [0.25, 0.3) is 0 Å². The van der Waals surface area contributed by atoms with Crippen molar-refractivity contribution >= 4 is 40.9 Å². The number of halogens is 3. The Bertz CT molecular complexity index is 2890. The van der Waals surface area contributed by atoms with Crippen molar-refractivity contribution in [3.05, 3.63) is 145 Å². The number of pyridine rings is 1. The van der Waals surface area contributed by atoms with Crippen LogP contribution in [0.25, 0.3) is 11.0 Å². The lowest BCUT2D eigenvalue weighted by molar-refractivity contribution is -0.153. The van der Waals surface area contributed by atoms with Gasteiger partial charge < -0.3 is 49.1 Å². The zero-order chi connectivity index (χ0) is 58.5. The smallest absolute Gasteiger partial charge is 0.410 e. The Morgan fingerprint density at radius 2 is 1.54 bits per heavy atom. The molecule has 2 aromatic heterocycles. The number of amides is 4. The molecule has 436 valence electrons. The van der Waals surface area contributed by atoms with Crippen LogP contribution in [0.4, 0.5) is 22.8 Å². The summed E-state index contributed by atoms with van der Waals surface area (Å²) in [6.07, 6.45) is -2.89. The third kappa shape index (κ3) is 17.0. The van der Waals surface area contributed by atoms with Crippen LogP contribution in [-0.2, 0) is 47.2 Å². The molecule has 2 saturated heterocycles. The van der Waals surface area contributed by atoms with Gasteiger partial charge in [-0.2, -0.15) is 13.2 Å². The van der Waals surface area contributed by atoms with Crippen LogP contribution in [0.5, 0.6) is 5.75 Å². The number of hydrogen-bond donors (Lipinski definition) is 4. The number of aromatic nitrogens is 1. The first-order valence-corrected chi connectivity index (χ1v) is 26.8. The molecule has 3 aliphatic heterocycles. The molecule has 3 aromatic carbocycles. The van der Waals surface area contributed by atoms with Crippen molar-refractivity contribution in [2.45, 2.75) is 102 Å². The number of esters is 1. The number of carbonyl (C=O) groups is 5. The van der Waals surface area contributed by atoms with Crippen molar-refractivity contribution in [3.63, 3.8) is 0 Å². The highest BCUT2D eigenvalue weighted by molar-refractivity contribution is 5.84. The Balaban J connectivity index is 0.000000276. The molecule has 2 fully saturated rings. The highest BCUT2D eigenvalue weighted by Crippen LogP contribution is 2.35. The van der Waals surface area contributed by atoms with Crippen molar-refractivity contribution in [2.24, 2.45) is 5.92 Å². The second-order valence-corrected chi connectivity index (χ2v) is 21.6. The average Bonchev–Trinajstić information content (AvgIpc) is 4.19. The van der Waals surface area contributed by atoms with Crippen molar-refractivity contribution < 1.29 is 70.7 Å². The van der Waals surface area contributed by atoms with Crippen molar-refractivity contribution in [1.29, 1.82) is 0 Å². The minimum atomic E-state index is -4.60. The standard InChI is InChI=1S/C38H44F3N5O6.C21H28N2O6/c1-37(2,33-18-26-19-42-13-12-31(26)52-33)46-15-14-45(29(21-46)36(50)43-23-38(39,40)41)20-27(47)17-25(16-24-8-4-3-5-9-24)35(49)44-34-28-10-6-7-11-32(28)51-22-30(34)48;1-5-13-27-20(26)23-12-11-22(19(25)29-21(2,3)4)14-17(23)18(24)28-15-16-9-7-6-8-10-16/h3-13,18-19,25,27,29-30,34,47-48H,14-17,20-23H2,1-2H3,(H,43,50)(H,44,49);5-10,17H,1,11-15H2,2-4H3/t25-,27+,29+,30-,34+;17-/m10/s1.